The maximum absolute atomic E-state index is 10.1. The first-order valence-electron chi connectivity index (χ1n) is 6.15. The van der Waals surface area contributed by atoms with Crippen molar-refractivity contribution in [1.29, 1.82) is 0 Å². The van der Waals surface area contributed by atoms with Crippen LogP contribution in [0.1, 0.15) is 25.0 Å². The van der Waals surface area contributed by atoms with Crippen molar-refractivity contribution in [2.75, 3.05) is 0 Å². The van der Waals surface area contributed by atoms with E-state index < -0.39 is 5.60 Å². The van der Waals surface area contributed by atoms with Crippen LogP contribution in [0.2, 0.25) is 10.0 Å². The third-order valence-corrected chi connectivity index (χ3v) is 4.24. The predicted molar refractivity (Wildman–Crippen MR) is 73.9 cm³/mol. The topological polar surface area (TPSA) is 50.9 Å². The van der Waals surface area contributed by atoms with Crippen LogP contribution >= 0.6 is 23.2 Å². The van der Waals surface area contributed by atoms with Crippen LogP contribution in [-0.4, -0.2) is 25.7 Å². The van der Waals surface area contributed by atoms with Crippen molar-refractivity contribution in [3.8, 4) is 5.69 Å². The van der Waals surface area contributed by atoms with Gasteiger partial charge in [-0.1, -0.05) is 28.4 Å². The van der Waals surface area contributed by atoms with E-state index in [9.17, 15) is 5.11 Å². The molecule has 0 unspecified atom stereocenters. The van der Waals surface area contributed by atoms with Crippen LogP contribution < -0.4 is 0 Å². The summed E-state index contributed by atoms with van der Waals surface area (Å²) in [6.07, 6.45) is 5.13. The molecule has 3 rings (SSSR count). The molecular weight excluding hydrogens is 285 g/mol. The van der Waals surface area contributed by atoms with Crippen LogP contribution in [0.3, 0.4) is 0 Å². The van der Waals surface area contributed by atoms with Crippen molar-refractivity contribution in [2.24, 2.45) is 0 Å². The van der Waals surface area contributed by atoms with E-state index in [4.69, 9.17) is 23.2 Å². The van der Waals surface area contributed by atoms with Gasteiger partial charge >= 0.3 is 0 Å². The Morgan fingerprint density at radius 2 is 2.05 bits per heavy atom. The molecule has 0 aliphatic heterocycles. The van der Waals surface area contributed by atoms with E-state index in [0.717, 1.165) is 30.6 Å². The summed E-state index contributed by atoms with van der Waals surface area (Å²) in [6, 6.07) is 5.28. The Morgan fingerprint density at radius 3 is 2.68 bits per heavy atom. The Hall–Kier alpha value is -1.10. The smallest absolute Gasteiger partial charge is 0.0860 e. The first kappa shape index (κ1) is 12.9. The van der Waals surface area contributed by atoms with Gasteiger partial charge in [0.25, 0.3) is 0 Å². The van der Waals surface area contributed by atoms with E-state index in [1.54, 1.807) is 16.8 Å². The van der Waals surface area contributed by atoms with Gasteiger partial charge in [-0.05, 0) is 37.5 Å². The molecule has 6 heteroatoms. The molecule has 2 aromatic rings. The molecule has 0 spiro atoms. The molecule has 1 aromatic carbocycles. The molecule has 1 aliphatic rings. The number of halogens is 2. The van der Waals surface area contributed by atoms with Crippen LogP contribution in [0.4, 0.5) is 0 Å². The van der Waals surface area contributed by atoms with Gasteiger partial charge in [-0.15, -0.1) is 5.10 Å². The number of hydrogen-bond acceptors (Lipinski definition) is 3. The Balaban J connectivity index is 1.82. The zero-order chi connectivity index (χ0) is 13.5. The van der Waals surface area contributed by atoms with E-state index in [0.29, 0.717) is 16.5 Å². The van der Waals surface area contributed by atoms with Crippen molar-refractivity contribution in [2.45, 2.75) is 31.3 Å². The third kappa shape index (κ3) is 2.61. The molecule has 0 saturated heterocycles. The average Bonchev–Trinajstić information content (AvgIpc) is 2.79. The molecular formula is C13H13Cl2N3O. The minimum atomic E-state index is -0.585. The Morgan fingerprint density at radius 1 is 1.26 bits per heavy atom. The van der Waals surface area contributed by atoms with Gasteiger partial charge in [0.05, 0.1) is 33.2 Å². The fourth-order valence-corrected chi connectivity index (χ4v) is 2.52. The summed E-state index contributed by atoms with van der Waals surface area (Å²) in [4.78, 5) is 0. The third-order valence-electron chi connectivity index (χ3n) is 3.50. The molecule has 4 nitrogen and oxygen atoms in total. The summed E-state index contributed by atoms with van der Waals surface area (Å²) in [5, 5.41) is 19.2. The van der Waals surface area contributed by atoms with Crippen LogP contribution in [0.5, 0.6) is 0 Å². The SMILES string of the molecule is OC1(Cc2cn(-c3ccc(Cl)c(Cl)c3)nn2)CCC1. The zero-order valence-electron chi connectivity index (χ0n) is 10.2. The van der Waals surface area contributed by atoms with E-state index in [2.05, 4.69) is 10.3 Å². The van der Waals surface area contributed by atoms with Gasteiger partial charge in [-0.2, -0.15) is 0 Å². The number of benzene rings is 1. The molecule has 0 radical (unpaired) electrons. The monoisotopic (exact) mass is 297 g/mol. The Kier molecular flexibility index (Phi) is 3.25. The maximum Gasteiger partial charge on any atom is 0.0860 e. The summed E-state index contributed by atoms with van der Waals surface area (Å²) >= 11 is 11.9. The highest BCUT2D eigenvalue weighted by Crippen LogP contribution is 2.34. The van der Waals surface area contributed by atoms with Crippen LogP contribution in [0, 0.1) is 0 Å². The summed E-state index contributed by atoms with van der Waals surface area (Å²) in [6.45, 7) is 0. The fraction of sp³-hybridized carbons (Fsp3) is 0.385. The van der Waals surface area contributed by atoms with Gasteiger partial charge in [0, 0.05) is 6.42 Å². The Bertz CT molecular complexity index is 608. The maximum atomic E-state index is 10.1. The summed E-state index contributed by atoms with van der Waals surface area (Å²) < 4.78 is 1.64. The van der Waals surface area contributed by atoms with E-state index in [-0.39, 0.29) is 0 Å². The van der Waals surface area contributed by atoms with Gasteiger partial charge in [0.1, 0.15) is 0 Å². The number of hydrogen-bond donors (Lipinski definition) is 1. The van der Waals surface area contributed by atoms with Crippen LogP contribution in [-0.2, 0) is 6.42 Å². The van der Waals surface area contributed by atoms with Crippen molar-refractivity contribution < 1.29 is 5.11 Å². The highest BCUT2D eigenvalue weighted by Gasteiger charge is 2.35. The van der Waals surface area contributed by atoms with Gasteiger partial charge in [0.15, 0.2) is 0 Å². The molecule has 1 heterocycles. The first-order valence-corrected chi connectivity index (χ1v) is 6.90. The summed E-state index contributed by atoms with van der Waals surface area (Å²) in [7, 11) is 0. The lowest BCUT2D eigenvalue weighted by Crippen LogP contribution is -2.39. The standard InChI is InChI=1S/C13H13Cl2N3O/c14-11-3-2-10(6-12(11)15)18-8-9(16-17-18)7-13(19)4-1-5-13/h2-3,6,8,19H,1,4-5,7H2. The second-order valence-corrected chi connectivity index (χ2v) is 5.82. The van der Waals surface area contributed by atoms with Crippen molar-refractivity contribution in [1.82, 2.24) is 15.0 Å². The van der Waals surface area contributed by atoms with Crippen LogP contribution in [0.25, 0.3) is 5.69 Å². The molecule has 19 heavy (non-hydrogen) atoms. The second-order valence-electron chi connectivity index (χ2n) is 5.01. The Labute approximate surface area is 121 Å². The summed E-state index contributed by atoms with van der Waals surface area (Å²) in [5.41, 5.74) is 1.00. The van der Waals surface area contributed by atoms with Crippen molar-refractivity contribution in [3.05, 3.63) is 40.1 Å². The minimum Gasteiger partial charge on any atom is -0.389 e. The van der Waals surface area contributed by atoms with Crippen molar-refractivity contribution >= 4 is 23.2 Å². The molecule has 1 N–H and O–H groups in total. The lowest BCUT2D eigenvalue weighted by molar-refractivity contribution is -0.0330. The molecule has 1 saturated carbocycles. The highest BCUT2D eigenvalue weighted by atomic mass is 35.5. The van der Waals surface area contributed by atoms with Gasteiger partial charge in [0.2, 0.25) is 0 Å². The largest absolute Gasteiger partial charge is 0.389 e. The summed E-state index contributed by atoms with van der Waals surface area (Å²) in [5.74, 6) is 0. The van der Waals surface area contributed by atoms with Crippen LogP contribution in [0.15, 0.2) is 24.4 Å². The molecule has 0 bridgehead atoms. The molecule has 0 amide bonds. The lowest BCUT2D eigenvalue weighted by Gasteiger charge is -2.35. The quantitative estimate of drug-likeness (QED) is 0.947. The lowest BCUT2D eigenvalue weighted by atomic mass is 9.77. The molecule has 1 aliphatic carbocycles. The average molecular weight is 298 g/mol. The van der Waals surface area contributed by atoms with Gasteiger partial charge in [-0.25, -0.2) is 4.68 Å². The minimum absolute atomic E-state index is 0.480. The van der Waals surface area contributed by atoms with Gasteiger partial charge < -0.3 is 5.11 Å². The normalized spacial score (nSPS) is 17.2. The molecule has 100 valence electrons. The second kappa shape index (κ2) is 4.78. The first-order chi connectivity index (χ1) is 9.06. The van der Waals surface area contributed by atoms with Gasteiger partial charge in [-0.3, -0.25) is 0 Å². The molecule has 0 atom stereocenters. The molecule has 1 aromatic heterocycles. The fourth-order valence-electron chi connectivity index (χ4n) is 2.23. The number of nitrogens with zero attached hydrogens (tertiary/aromatic N) is 3. The van der Waals surface area contributed by atoms with E-state index >= 15 is 0 Å². The van der Waals surface area contributed by atoms with Crippen molar-refractivity contribution in [3.63, 3.8) is 0 Å². The van der Waals surface area contributed by atoms with E-state index in [1.807, 2.05) is 12.3 Å². The highest BCUT2D eigenvalue weighted by molar-refractivity contribution is 6.42. The predicted octanol–water partition coefficient (Wildman–Crippen LogP) is 3.03. The number of rotatable bonds is 3. The number of aliphatic hydroxyl groups is 1. The number of aromatic nitrogens is 3. The molecule has 1 fully saturated rings. The zero-order valence-corrected chi connectivity index (χ0v) is 11.7. The van der Waals surface area contributed by atoms with E-state index in [1.165, 1.54) is 0 Å².